The lowest BCUT2D eigenvalue weighted by atomic mass is 10.2. The van der Waals surface area contributed by atoms with Crippen molar-refractivity contribution in [3.05, 3.63) is 24.4 Å². The molecule has 0 fully saturated rings. The van der Waals surface area contributed by atoms with E-state index in [1.165, 1.54) is 7.11 Å². The molecule has 1 unspecified atom stereocenters. The Morgan fingerprint density at radius 1 is 1.60 bits per heavy atom. The van der Waals surface area contributed by atoms with Crippen molar-refractivity contribution in [3.8, 4) is 0 Å². The number of carbonyl (C=O) groups is 1. The molecule has 0 radical (unpaired) electrons. The highest BCUT2D eigenvalue weighted by atomic mass is 16.5. The summed E-state index contributed by atoms with van der Waals surface area (Å²) >= 11 is 0. The highest BCUT2D eigenvalue weighted by Gasteiger charge is 2.13. The van der Waals surface area contributed by atoms with Crippen LogP contribution in [-0.2, 0) is 9.53 Å². The summed E-state index contributed by atoms with van der Waals surface area (Å²) in [5.41, 5.74) is 0. The van der Waals surface area contributed by atoms with Gasteiger partial charge in [0, 0.05) is 0 Å². The molecule has 0 bridgehead atoms. The third-order valence-electron chi connectivity index (χ3n) is 1.24. The summed E-state index contributed by atoms with van der Waals surface area (Å²) < 4.78 is 4.50. The molecule has 10 heavy (non-hydrogen) atoms. The van der Waals surface area contributed by atoms with E-state index in [-0.39, 0.29) is 12.0 Å². The SMILES string of the molecule is COC(=O)C1C=CC=CN1. The van der Waals surface area contributed by atoms with Gasteiger partial charge in [0.05, 0.1) is 7.11 Å². The van der Waals surface area contributed by atoms with Crippen LogP contribution in [0.15, 0.2) is 24.4 Å². The number of ether oxygens (including phenoxy) is 1. The van der Waals surface area contributed by atoms with Crippen LogP contribution >= 0.6 is 0 Å². The minimum absolute atomic E-state index is 0.263. The Bertz CT molecular complexity index is 184. The average Bonchev–Trinajstić information content (AvgIpc) is 2.05. The lowest BCUT2D eigenvalue weighted by Gasteiger charge is -2.11. The van der Waals surface area contributed by atoms with Gasteiger partial charge in [-0.2, -0.15) is 0 Å². The minimum atomic E-state index is -0.310. The summed E-state index contributed by atoms with van der Waals surface area (Å²) in [7, 11) is 1.37. The zero-order valence-electron chi connectivity index (χ0n) is 5.70. The number of esters is 1. The summed E-state index contributed by atoms with van der Waals surface area (Å²) in [6.07, 6.45) is 7.07. The molecular formula is C7H9NO2. The fraction of sp³-hybridized carbons (Fsp3) is 0.286. The maximum absolute atomic E-state index is 10.8. The standard InChI is InChI=1S/C7H9NO2/c1-10-7(9)6-4-2-3-5-8-6/h2-6,8H,1H3. The Balaban J connectivity index is 2.51. The van der Waals surface area contributed by atoms with Gasteiger partial charge in [0.15, 0.2) is 0 Å². The van der Waals surface area contributed by atoms with Crippen molar-refractivity contribution in [2.75, 3.05) is 7.11 Å². The Kier molecular flexibility index (Phi) is 2.10. The molecule has 1 heterocycles. The molecule has 0 aromatic carbocycles. The monoisotopic (exact) mass is 139 g/mol. The van der Waals surface area contributed by atoms with E-state index >= 15 is 0 Å². The Morgan fingerprint density at radius 2 is 2.40 bits per heavy atom. The number of allylic oxidation sites excluding steroid dienone is 2. The van der Waals surface area contributed by atoms with E-state index in [2.05, 4.69) is 10.1 Å². The number of dihydropyridines is 1. The van der Waals surface area contributed by atoms with Crippen molar-refractivity contribution in [1.82, 2.24) is 5.32 Å². The third kappa shape index (κ3) is 1.37. The second kappa shape index (κ2) is 3.06. The quantitative estimate of drug-likeness (QED) is 0.527. The van der Waals surface area contributed by atoms with E-state index in [1.807, 2.05) is 6.08 Å². The van der Waals surface area contributed by atoms with Gasteiger partial charge in [0.1, 0.15) is 6.04 Å². The second-order valence-electron chi connectivity index (χ2n) is 1.91. The molecule has 1 N–H and O–H groups in total. The molecule has 1 rings (SSSR count). The van der Waals surface area contributed by atoms with E-state index in [0.717, 1.165) is 0 Å². The summed E-state index contributed by atoms with van der Waals surface area (Å²) in [6, 6.07) is -0.310. The molecule has 54 valence electrons. The predicted octanol–water partition coefficient (Wildman–Crippen LogP) is 0.201. The first-order valence-electron chi connectivity index (χ1n) is 3.02. The van der Waals surface area contributed by atoms with Crippen molar-refractivity contribution in [3.63, 3.8) is 0 Å². The number of carbonyl (C=O) groups excluding carboxylic acids is 1. The van der Waals surface area contributed by atoms with Gasteiger partial charge in [-0.25, -0.2) is 4.79 Å². The van der Waals surface area contributed by atoms with Crippen LogP contribution in [0.4, 0.5) is 0 Å². The Morgan fingerprint density at radius 3 is 2.90 bits per heavy atom. The molecule has 3 nitrogen and oxygen atoms in total. The van der Waals surface area contributed by atoms with Gasteiger partial charge in [-0.1, -0.05) is 12.2 Å². The van der Waals surface area contributed by atoms with E-state index in [1.54, 1.807) is 18.4 Å². The smallest absolute Gasteiger partial charge is 0.332 e. The number of methoxy groups -OCH3 is 1. The van der Waals surface area contributed by atoms with E-state index in [0.29, 0.717) is 0 Å². The van der Waals surface area contributed by atoms with Crippen molar-refractivity contribution < 1.29 is 9.53 Å². The van der Waals surface area contributed by atoms with Crippen LogP contribution in [0, 0.1) is 0 Å². The molecule has 0 saturated heterocycles. The highest BCUT2D eigenvalue weighted by molar-refractivity contribution is 5.78. The normalized spacial score (nSPS) is 21.9. The zero-order chi connectivity index (χ0) is 7.40. The van der Waals surface area contributed by atoms with Crippen molar-refractivity contribution in [1.29, 1.82) is 0 Å². The van der Waals surface area contributed by atoms with E-state index in [9.17, 15) is 4.79 Å². The predicted molar refractivity (Wildman–Crippen MR) is 37.2 cm³/mol. The number of rotatable bonds is 1. The third-order valence-corrected chi connectivity index (χ3v) is 1.24. The second-order valence-corrected chi connectivity index (χ2v) is 1.91. The average molecular weight is 139 g/mol. The number of nitrogens with one attached hydrogen (secondary N) is 1. The summed E-state index contributed by atoms with van der Waals surface area (Å²) in [5, 5.41) is 2.83. The Hall–Kier alpha value is -1.25. The van der Waals surface area contributed by atoms with E-state index in [4.69, 9.17) is 0 Å². The van der Waals surface area contributed by atoms with Crippen molar-refractivity contribution in [2.45, 2.75) is 6.04 Å². The van der Waals surface area contributed by atoms with Gasteiger partial charge in [-0.3, -0.25) is 0 Å². The number of hydrogen-bond donors (Lipinski definition) is 1. The molecule has 0 spiro atoms. The fourth-order valence-electron chi connectivity index (χ4n) is 0.719. The van der Waals surface area contributed by atoms with Crippen LogP contribution in [0.1, 0.15) is 0 Å². The maximum atomic E-state index is 10.8. The van der Waals surface area contributed by atoms with Crippen molar-refractivity contribution in [2.24, 2.45) is 0 Å². The molecule has 1 aliphatic heterocycles. The first-order valence-corrected chi connectivity index (χ1v) is 3.02. The van der Waals surface area contributed by atoms with Gasteiger partial charge in [-0.05, 0) is 12.3 Å². The number of hydrogen-bond acceptors (Lipinski definition) is 3. The lowest BCUT2D eigenvalue weighted by molar-refractivity contribution is -0.141. The Labute approximate surface area is 59.4 Å². The molecule has 0 saturated carbocycles. The maximum Gasteiger partial charge on any atom is 0.332 e. The summed E-state index contributed by atoms with van der Waals surface area (Å²) in [5.74, 6) is -0.263. The molecule has 3 heteroatoms. The van der Waals surface area contributed by atoms with Crippen LogP contribution in [0.3, 0.4) is 0 Å². The van der Waals surface area contributed by atoms with E-state index < -0.39 is 0 Å². The lowest BCUT2D eigenvalue weighted by Crippen LogP contribution is -2.33. The first-order chi connectivity index (χ1) is 4.84. The van der Waals surface area contributed by atoms with Gasteiger partial charge in [-0.15, -0.1) is 0 Å². The molecular weight excluding hydrogens is 130 g/mol. The fourth-order valence-corrected chi connectivity index (χ4v) is 0.719. The molecule has 0 amide bonds. The largest absolute Gasteiger partial charge is 0.467 e. The van der Waals surface area contributed by atoms with Gasteiger partial charge in [0.2, 0.25) is 0 Å². The van der Waals surface area contributed by atoms with Crippen molar-refractivity contribution >= 4 is 5.97 Å². The topological polar surface area (TPSA) is 38.3 Å². The molecule has 1 atom stereocenters. The molecule has 0 aromatic rings. The molecule has 0 aliphatic carbocycles. The summed E-state index contributed by atoms with van der Waals surface area (Å²) in [6.45, 7) is 0. The zero-order valence-corrected chi connectivity index (χ0v) is 5.70. The van der Waals surface area contributed by atoms with Gasteiger partial charge >= 0.3 is 5.97 Å². The van der Waals surface area contributed by atoms with Gasteiger partial charge in [0.25, 0.3) is 0 Å². The molecule has 1 aliphatic rings. The minimum Gasteiger partial charge on any atom is -0.467 e. The van der Waals surface area contributed by atoms with Crippen LogP contribution in [0.25, 0.3) is 0 Å². The summed E-state index contributed by atoms with van der Waals surface area (Å²) in [4.78, 5) is 10.8. The highest BCUT2D eigenvalue weighted by Crippen LogP contribution is 1.95. The first kappa shape index (κ1) is 6.86. The van der Waals surface area contributed by atoms with Gasteiger partial charge < -0.3 is 10.1 Å². The van der Waals surface area contributed by atoms with Crippen LogP contribution in [-0.4, -0.2) is 19.1 Å². The molecule has 0 aromatic heterocycles. The van der Waals surface area contributed by atoms with Crippen LogP contribution in [0.5, 0.6) is 0 Å². The van der Waals surface area contributed by atoms with Crippen LogP contribution in [0.2, 0.25) is 0 Å². The van der Waals surface area contributed by atoms with Crippen LogP contribution < -0.4 is 5.32 Å².